The molecule has 3 aromatic heterocycles. The highest BCUT2D eigenvalue weighted by Gasteiger charge is 2.23. The molecule has 8 heteroatoms. The van der Waals surface area contributed by atoms with Gasteiger partial charge in [0, 0.05) is 31.2 Å². The number of fused-ring (bicyclic) bond motifs is 1. The monoisotopic (exact) mass is 475 g/mol. The van der Waals surface area contributed by atoms with Gasteiger partial charge in [-0.05, 0) is 48.0 Å². The second-order valence-electron chi connectivity index (χ2n) is 8.56. The average Bonchev–Trinajstić information content (AvgIpc) is 3.52. The van der Waals surface area contributed by atoms with Crippen LogP contribution < -0.4 is 15.4 Å². The zero-order valence-corrected chi connectivity index (χ0v) is 19.8. The van der Waals surface area contributed by atoms with Crippen molar-refractivity contribution in [3.05, 3.63) is 115 Å². The highest BCUT2D eigenvalue weighted by molar-refractivity contribution is 6.12. The number of nitrogens with zero attached hydrogens (tertiary/aromatic N) is 6. The van der Waals surface area contributed by atoms with Gasteiger partial charge in [0.05, 0.1) is 29.0 Å². The van der Waals surface area contributed by atoms with E-state index in [0.717, 1.165) is 45.3 Å². The summed E-state index contributed by atoms with van der Waals surface area (Å²) in [5, 5.41) is 4.24. The fourth-order valence-electron chi connectivity index (χ4n) is 4.30. The number of aromatic nitrogens is 4. The summed E-state index contributed by atoms with van der Waals surface area (Å²) >= 11 is 0. The zero-order chi connectivity index (χ0) is 24.5. The lowest BCUT2D eigenvalue weighted by molar-refractivity contribution is 0.306. The van der Waals surface area contributed by atoms with Crippen molar-refractivity contribution in [2.45, 2.75) is 12.9 Å². The molecule has 0 radical (unpaired) electrons. The van der Waals surface area contributed by atoms with Gasteiger partial charge in [-0.1, -0.05) is 36.4 Å². The lowest BCUT2D eigenvalue weighted by Crippen LogP contribution is -2.40. The van der Waals surface area contributed by atoms with Crippen LogP contribution in [-0.4, -0.2) is 31.2 Å². The number of ether oxygens (including phenoxy) is 1. The number of benzene rings is 2. The van der Waals surface area contributed by atoms with Gasteiger partial charge in [-0.15, -0.1) is 0 Å². The Morgan fingerprint density at radius 1 is 0.972 bits per heavy atom. The maximum absolute atomic E-state index is 6.45. The van der Waals surface area contributed by atoms with Crippen LogP contribution in [0.2, 0.25) is 0 Å². The van der Waals surface area contributed by atoms with E-state index in [1.165, 1.54) is 0 Å². The summed E-state index contributed by atoms with van der Waals surface area (Å²) in [4.78, 5) is 11.6. The molecule has 0 saturated heterocycles. The predicted octanol–water partition coefficient (Wildman–Crippen LogP) is 4.38. The van der Waals surface area contributed by atoms with Gasteiger partial charge in [0.1, 0.15) is 18.0 Å². The first-order valence-corrected chi connectivity index (χ1v) is 11.7. The number of hydrogen-bond acceptors (Lipinski definition) is 6. The van der Waals surface area contributed by atoms with E-state index < -0.39 is 6.29 Å². The minimum absolute atomic E-state index is 0.521. The molecule has 0 spiro atoms. The van der Waals surface area contributed by atoms with E-state index >= 15 is 0 Å². The second-order valence-corrected chi connectivity index (χ2v) is 8.56. The molecule has 0 saturated carbocycles. The Kier molecular flexibility index (Phi) is 5.55. The van der Waals surface area contributed by atoms with Crippen LogP contribution in [0.15, 0.2) is 109 Å². The van der Waals surface area contributed by atoms with E-state index in [-0.39, 0.29) is 0 Å². The summed E-state index contributed by atoms with van der Waals surface area (Å²) in [6.45, 7) is 0.521. The molecule has 0 aliphatic carbocycles. The van der Waals surface area contributed by atoms with Crippen LogP contribution in [0.5, 0.6) is 5.75 Å². The molecular weight excluding hydrogens is 450 g/mol. The van der Waals surface area contributed by atoms with E-state index in [4.69, 9.17) is 20.4 Å². The first kappa shape index (κ1) is 21.8. The topological polar surface area (TPSA) is 86.0 Å². The Morgan fingerprint density at radius 2 is 1.78 bits per heavy atom. The van der Waals surface area contributed by atoms with E-state index in [9.17, 15) is 0 Å². The fourth-order valence-corrected chi connectivity index (χ4v) is 4.30. The average molecular weight is 476 g/mol. The van der Waals surface area contributed by atoms with Gasteiger partial charge in [-0.25, -0.2) is 9.98 Å². The minimum Gasteiger partial charge on any atom is -0.489 e. The summed E-state index contributed by atoms with van der Waals surface area (Å²) in [5.41, 5.74) is 12.8. The molecule has 1 atom stereocenters. The van der Waals surface area contributed by atoms with Crippen LogP contribution in [0.4, 0.5) is 5.69 Å². The Bertz CT molecular complexity index is 1560. The van der Waals surface area contributed by atoms with Crippen molar-refractivity contribution in [2.24, 2.45) is 17.8 Å². The van der Waals surface area contributed by atoms with Crippen LogP contribution in [-0.2, 0) is 13.7 Å². The third-order valence-corrected chi connectivity index (χ3v) is 6.09. The SMILES string of the molecule is Cn1cc(N2C=CC(c3c(-c4ccc(OCc5ccccc5)cc4)nc4ccccn34)=NC2N)cn1. The van der Waals surface area contributed by atoms with Crippen LogP contribution >= 0.6 is 0 Å². The summed E-state index contributed by atoms with van der Waals surface area (Å²) in [7, 11) is 1.88. The van der Waals surface area contributed by atoms with Crippen molar-refractivity contribution < 1.29 is 4.74 Å². The fraction of sp³-hybridized carbons (Fsp3) is 0.107. The third-order valence-electron chi connectivity index (χ3n) is 6.09. The Hall–Kier alpha value is -4.69. The largest absolute Gasteiger partial charge is 0.489 e. The van der Waals surface area contributed by atoms with E-state index in [2.05, 4.69) is 17.2 Å². The first-order chi connectivity index (χ1) is 17.7. The van der Waals surface area contributed by atoms with E-state index in [1.54, 1.807) is 10.9 Å². The van der Waals surface area contributed by atoms with Gasteiger partial charge in [-0.3, -0.25) is 14.8 Å². The highest BCUT2D eigenvalue weighted by atomic mass is 16.5. The molecule has 5 aromatic rings. The first-order valence-electron chi connectivity index (χ1n) is 11.7. The van der Waals surface area contributed by atoms with Crippen molar-refractivity contribution in [1.82, 2.24) is 19.2 Å². The summed E-state index contributed by atoms with van der Waals surface area (Å²) in [5.74, 6) is 0.803. The van der Waals surface area contributed by atoms with E-state index in [1.807, 2.05) is 102 Å². The zero-order valence-electron chi connectivity index (χ0n) is 19.8. The molecule has 178 valence electrons. The van der Waals surface area contributed by atoms with Crippen molar-refractivity contribution >= 4 is 17.0 Å². The maximum atomic E-state index is 6.45. The number of imidazole rings is 1. The number of aryl methyl sites for hydroxylation is 1. The van der Waals surface area contributed by atoms with Crippen molar-refractivity contribution in [1.29, 1.82) is 0 Å². The summed E-state index contributed by atoms with van der Waals surface area (Å²) in [6, 6.07) is 24.1. The van der Waals surface area contributed by atoms with Crippen LogP contribution in [0.1, 0.15) is 11.3 Å². The number of allylic oxidation sites excluding steroid dienone is 1. The Balaban J connectivity index is 1.32. The molecule has 2 N–H and O–H groups in total. The van der Waals surface area contributed by atoms with Gasteiger partial charge >= 0.3 is 0 Å². The van der Waals surface area contributed by atoms with Gasteiger partial charge in [0.2, 0.25) is 0 Å². The molecular formula is C28H25N7O. The maximum Gasteiger partial charge on any atom is 0.178 e. The van der Waals surface area contributed by atoms with Crippen LogP contribution in [0, 0.1) is 0 Å². The third kappa shape index (κ3) is 4.14. The Morgan fingerprint density at radius 3 is 2.53 bits per heavy atom. The lowest BCUT2D eigenvalue weighted by atomic mass is 10.1. The number of rotatable bonds is 6. The smallest absolute Gasteiger partial charge is 0.178 e. The molecule has 2 aromatic carbocycles. The highest BCUT2D eigenvalue weighted by Crippen LogP contribution is 2.29. The van der Waals surface area contributed by atoms with Crippen molar-refractivity contribution in [3.63, 3.8) is 0 Å². The quantitative estimate of drug-likeness (QED) is 0.394. The molecule has 1 unspecified atom stereocenters. The normalized spacial score (nSPS) is 15.3. The standard InChI is InChI=1S/C28H25N7O/c1-33-18-22(17-30-33)34-16-14-24(31-28(34)29)27-26(32-25-9-5-6-15-35(25)27)21-10-12-23(13-11-21)36-19-20-7-3-2-4-8-20/h2-18,28H,19,29H2,1H3. The molecule has 1 aliphatic rings. The molecule has 1 aliphatic heterocycles. The number of anilines is 1. The van der Waals surface area contributed by atoms with Gasteiger partial charge in [-0.2, -0.15) is 5.10 Å². The van der Waals surface area contributed by atoms with E-state index in [0.29, 0.717) is 6.61 Å². The number of hydrogen-bond donors (Lipinski definition) is 1. The van der Waals surface area contributed by atoms with Crippen LogP contribution in [0.3, 0.4) is 0 Å². The van der Waals surface area contributed by atoms with Gasteiger partial charge in [0.25, 0.3) is 0 Å². The molecule has 0 fully saturated rings. The molecule has 36 heavy (non-hydrogen) atoms. The minimum atomic E-state index is -0.579. The number of nitrogens with two attached hydrogens (primary N) is 1. The molecule has 0 bridgehead atoms. The molecule has 6 rings (SSSR count). The Labute approximate surface area is 208 Å². The van der Waals surface area contributed by atoms with Crippen molar-refractivity contribution in [3.8, 4) is 17.0 Å². The van der Waals surface area contributed by atoms with Crippen molar-refractivity contribution in [2.75, 3.05) is 4.90 Å². The molecule has 8 nitrogen and oxygen atoms in total. The lowest BCUT2D eigenvalue weighted by Gasteiger charge is -2.26. The predicted molar refractivity (Wildman–Crippen MR) is 141 cm³/mol. The summed E-state index contributed by atoms with van der Waals surface area (Å²) in [6.07, 6.45) is 9.00. The van der Waals surface area contributed by atoms with Gasteiger partial charge in [0.15, 0.2) is 6.29 Å². The molecule has 4 heterocycles. The number of aliphatic imine (C=N–C) groups is 1. The van der Waals surface area contributed by atoms with Crippen LogP contribution in [0.25, 0.3) is 16.9 Å². The summed E-state index contributed by atoms with van der Waals surface area (Å²) < 4.78 is 9.76. The number of pyridine rings is 1. The van der Waals surface area contributed by atoms with Gasteiger partial charge < -0.3 is 9.64 Å². The second kappa shape index (κ2) is 9.16. The molecule has 0 amide bonds.